The lowest BCUT2D eigenvalue weighted by atomic mass is 9.95. The van der Waals surface area contributed by atoms with E-state index in [1.165, 1.54) is 56.2 Å². The third-order valence-corrected chi connectivity index (χ3v) is 9.30. The number of nitrogens with zero attached hydrogens (tertiary/aromatic N) is 3. The normalized spacial score (nSPS) is 19.2. The predicted molar refractivity (Wildman–Crippen MR) is 168 cm³/mol. The molecule has 11 nitrogen and oxygen atoms in total. The quantitative estimate of drug-likeness (QED) is 0.104. The number of carbonyl (C=O) groups is 1. The zero-order chi connectivity index (χ0) is 30.9. The Morgan fingerprint density at radius 2 is 1.98 bits per heavy atom. The molecule has 234 valence electrons. The fourth-order valence-electron chi connectivity index (χ4n) is 5.49. The minimum atomic E-state index is -4.25. The number of ether oxygens (including phenoxy) is 1. The summed E-state index contributed by atoms with van der Waals surface area (Å²) in [5.74, 6) is 0.851. The molecule has 1 saturated heterocycles. The van der Waals surface area contributed by atoms with Gasteiger partial charge in [-0.3, -0.25) is 4.79 Å². The Bertz CT molecular complexity index is 1430. The number of aliphatic imine (C=N–C) groups is 1. The second kappa shape index (κ2) is 15.1. The van der Waals surface area contributed by atoms with E-state index in [1.54, 1.807) is 12.1 Å². The van der Waals surface area contributed by atoms with Crippen LogP contribution in [0.2, 0.25) is 5.15 Å². The standard InChI is InChI=1S/C30H42ClN7O4S/c1-30(2)18-22(19-35-30)12-15-33-20-23-8-5-9-27(36-23)43(40,41)38-29(39)24-10-11-26(37-28(24)31)34-16-13-25(32)42-17-14-21-6-3-4-7-21/h5,8-11,13,16,21-22,33,35H,3-4,6-7,12,14-15,17-20,32H2,1-2H3,(H,38,39)/t22-/m0/s1. The third-order valence-electron chi connectivity index (χ3n) is 7.78. The molecule has 13 heteroatoms. The van der Waals surface area contributed by atoms with Crippen LogP contribution in [0.4, 0.5) is 5.82 Å². The van der Waals surface area contributed by atoms with Crippen molar-refractivity contribution in [3.05, 3.63) is 58.7 Å². The number of amides is 1. The van der Waals surface area contributed by atoms with Crippen LogP contribution in [-0.2, 0) is 21.3 Å². The van der Waals surface area contributed by atoms with Crippen LogP contribution in [-0.4, -0.2) is 55.7 Å². The zero-order valence-electron chi connectivity index (χ0n) is 24.8. The van der Waals surface area contributed by atoms with Gasteiger partial charge >= 0.3 is 0 Å². The molecule has 43 heavy (non-hydrogen) atoms. The lowest BCUT2D eigenvalue weighted by Gasteiger charge is -2.17. The Balaban J connectivity index is 1.26. The molecule has 4 rings (SSSR count). The summed E-state index contributed by atoms with van der Waals surface area (Å²) < 4.78 is 33.4. The number of hydrogen-bond acceptors (Lipinski definition) is 10. The molecule has 0 radical (unpaired) electrons. The van der Waals surface area contributed by atoms with Crippen molar-refractivity contribution in [1.29, 1.82) is 0 Å². The molecular formula is C30H42ClN7O4S. The van der Waals surface area contributed by atoms with Crippen LogP contribution >= 0.6 is 11.6 Å². The van der Waals surface area contributed by atoms with E-state index < -0.39 is 15.9 Å². The van der Waals surface area contributed by atoms with Crippen molar-refractivity contribution >= 4 is 39.6 Å². The van der Waals surface area contributed by atoms with Gasteiger partial charge in [-0.05, 0) is 82.3 Å². The molecule has 5 N–H and O–H groups in total. The summed E-state index contributed by atoms with van der Waals surface area (Å²) in [6, 6.07) is 7.46. The Morgan fingerprint density at radius 3 is 2.70 bits per heavy atom. The number of nitrogens with two attached hydrogens (primary N) is 1. The van der Waals surface area contributed by atoms with Crippen LogP contribution in [0.3, 0.4) is 0 Å². The van der Waals surface area contributed by atoms with Gasteiger partial charge in [0, 0.05) is 24.4 Å². The average Bonchev–Trinajstić information content (AvgIpc) is 3.60. The summed E-state index contributed by atoms with van der Waals surface area (Å²) >= 11 is 6.20. The molecule has 0 bridgehead atoms. The zero-order valence-corrected chi connectivity index (χ0v) is 26.4. The van der Waals surface area contributed by atoms with Gasteiger partial charge in [-0.25, -0.2) is 19.7 Å². The van der Waals surface area contributed by atoms with Gasteiger partial charge in [0.1, 0.15) is 5.15 Å². The number of hydrogen-bond donors (Lipinski definition) is 4. The monoisotopic (exact) mass is 631 g/mol. The number of pyridine rings is 2. The first-order valence-electron chi connectivity index (χ1n) is 14.8. The van der Waals surface area contributed by atoms with Gasteiger partial charge < -0.3 is 21.1 Å². The van der Waals surface area contributed by atoms with Crippen LogP contribution in [0.5, 0.6) is 0 Å². The van der Waals surface area contributed by atoms with Crippen LogP contribution in [0.1, 0.15) is 74.8 Å². The summed E-state index contributed by atoms with van der Waals surface area (Å²) in [6.45, 7) is 7.17. The van der Waals surface area contributed by atoms with Gasteiger partial charge in [-0.1, -0.05) is 43.4 Å². The molecule has 2 aromatic rings. The van der Waals surface area contributed by atoms with Crippen LogP contribution in [0.25, 0.3) is 0 Å². The molecule has 1 aliphatic heterocycles. The third kappa shape index (κ3) is 10.3. The lowest BCUT2D eigenvalue weighted by Crippen LogP contribution is -2.31. The predicted octanol–water partition coefficient (Wildman–Crippen LogP) is 4.22. The summed E-state index contributed by atoms with van der Waals surface area (Å²) in [5.41, 5.74) is 6.48. The first kappa shape index (κ1) is 32.8. The van der Waals surface area contributed by atoms with E-state index in [0.717, 1.165) is 32.4 Å². The highest BCUT2D eigenvalue weighted by molar-refractivity contribution is 7.90. The minimum absolute atomic E-state index is 0.114. The summed E-state index contributed by atoms with van der Waals surface area (Å²) in [5, 5.41) is 6.39. The molecule has 1 saturated carbocycles. The molecule has 2 aliphatic rings. The fraction of sp³-hybridized carbons (Fsp3) is 0.533. The van der Waals surface area contributed by atoms with Crippen LogP contribution in [0.15, 0.2) is 52.3 Å². The van der Waals surface area contributed by atoms with Crippen molar-refractivity contribution in [2.24, 2.45) is 22.6 Å². The number of allylic oxidation sites excluding steroid dienone is 1. The molecule has 2 fully saturated rings. The number of nitrogens with one attached hydrogen (secondary N) is 3. The minimum Gasteiger partial charge on any atom is -0.479 e. The molecule has 0 aromatic carbocycles. The maximum atomic E-state index is 12.9. The number of carbonyl (C=O) groups excluding carboxylic acids is 1. The van der Waals surface area contributed by atoms with Crippen molar-refractivity contribution < 1.29 is 17.9 Å². The molecule has 3 heterocycles. The van der Waals surface area contributed by atoms with Gasteiger partial charge in [0.15, 0.2) is 16.7 Å². The van der Waals surface area contributed by atoms with Gasteiger partial charge in [-0.2, -0.15) is 8.42 Å². The molecule has 2 aromatic heterocycles. The fourth-order valence-corrected chi connectivity index (χ4v) is 6.68. The van der Waals surface area contributed by atoms with Crippen molar-refractivity contribution in [1.82, 2.24) is 25.3 Å². The van der Waals surface area contributed by atoms with E-state index in [1.807, 2.05) is 4.72 Å². The molecule has 0 spiro atoms. The number of sulfonamides is 1. The summed E-state index contributed by atoms with van der Waals surface area (Å²) in [7, 11) is -4.25. The van der Waals surface area contributed by atoms with Gasteiger partial charge in [0.2, 0.25) is 0 Å². The largest absolute Gasteiger partial charge is 0.479 e. The maximum Gasteiger partial charge on any atom is 0.281 e. The second-order valence-corrected chi connectivity index (χ2v) is 13.8. The van der Waals surface area contributed by atoms with E-state index in [-0.39, 0.29) is 33.0 Å². The molecular weight excluding hydrogens is 590 g/mol. The highest BCUT2D eigenvalue weighted by atomic mass is 35.5. The first-order chi connectivity index (χ1) is 20.5. The van der Waals surface area contributed by atoms with Crippen LogP contribution in [0, 0.1) is 11.8 Å². The topological polar surface area (TPSA) is 161 Å². The highest BCUT2D eigenvalue weighted by Crippen LogP contribution is 2.27. The lowest BCUT2D eigenvalue weighted by molar-refractivity contribution is 0.0981. The smallest absolute Gasteiger partial charge is 0.281 e. The summed E-state index contributed by atoms with van der Waals surface area (Å²) in [6.07, 6.45) is 11.1. The molecule has 1 atom stereocenters. The van der Waals surface area contributed by atoms with Crippen molar-refractivity contribution in [3.8, 4) is 0 Å². The maximum absolute atomic E-state index is 12.9. The van der Waals surface area contributed by atoms with E-state index in [2.05, 4.69) is 39.4 Å². The molecule has 1 amide bonds. The number of aromatic nitrogens is 2. The van der Waals surface area contributed by atoms with Crippen LogP contribution < -0.4 is 21.1 Å². The first-order valence-corrected chi connectivity index (χ1v) is 16.6. The van der Waals surface area contributed by atoms with Crippen molar-refractivity contribution in [3.63, 3.8) is 0 Å². The van der Waals surface area contributed by atoms with Crippen molar-refractivity contribution in [2.75, 3.05) is 19.7 Å². The van der Waals surface area contributed by atoms with Gasteiger partial charge in [0.05, 0.1) is 17.9 Å². The average molecular weight is 632 g/mol. The van der Waals surface area contributed by atoms with Gasteiger partial charge in [0.25, 0.3) is 15.9 Å². The highest BCUT2D eigenvalue weighted by Gasteiger charge is 2.29. The molecule has 0 unspecified atom stereocenters. The van der Waals surface area contributed by atoms with E-state index in [9.17, 15) is 13.2 Å². The van der Waals surface area contributed by atoms with E-state index in [4.69, 9.17) is 22.1 Å². The Morgan fingerprint density at radius 1 is 1.19 bits per heavy atom. The molecule has 1 aliphatic carbocycles. The second-order valence-electron chi connectivity index (χ2n) is 11.8. The Labute approximate surface area is 259 Å². The summed E-state index contributed by atoms with van der Waals surface area (Å²) in [4.78, 5) is 25.3. The SMILES string of the molecule is CC1(C)C[C@H](CCNCc2cccc(S(=O)(=O)NC(=O)c3ccc(N=CC=C(N)OCCC4CCCC4)nc3Cl)n2)CN1. The van der Waals surface area contributed by atoms with E-state index >= 15 is 0 Å². The Hall–Kier alpha value is -3.06. The number of halogens is 1. The van der Waals surface area contributed by atoms with Crippen molar-refractivity contribution in [2.45, 2.75) is 75.9 Å². The van der Waals surface area contributed by atoms with Gasteiger partial charge in [-0.15, -0.1) is 0 Å². The Kier molecular flexibility index (Phi) is 11.5. The van der Waals surface area contributed by atoms with E-state index in [0.29, 0.717) is 30.7 Å². The number of rotatable bonds is 14.